The SMILES string of the molecule is Cc1ccoc1CNC1CC1C. The van der Waals surface area contributed by atoms with Crippen molar-refractivity contribution in [1.29, 1.82) is 0 Å². The lowest BCUT2D eigenvalue weighted by atomic mass is 10.3. The van der Waals surface area contributed by atoms with Crippen molar-refractivity contribution in [2.75, 3.05) is 0 Å². The van der Waals surface area contributed by atoms with Crippen LogP contribution in [0.2, 0.25) is 0 Å². The first kappa shape index (κ1) is 7.87. The number of furan rings is 1. The lowest BCUT2D eigenvalue weighted by Crippen LogP contribution is -2.16. The van der Waals surface area contributed by atoms with E-state index in [1.54, 1.807) is 6.26 Å². The molecule has 0 radical (unpaired) electrons. The van der Waals surface area contributed by atoms with Crippen LogP contribution in [0.3, 0.4) is 0 Å². The van der Waals surface area contributed by atoms with Crippen LogP contribution in [-0.4, -0.2) is 6.04 Å². The molecule has 1 aromatic heterocycles. The average Bonchev–Trinajstić information content (AvgIpc) is 2.57. The van der Waals surface area contributed by atoms with Gasteiger partial charge in [0.2, 0.25) is 0 Å². The molecule has 1 saturated carbocycles. The van der Waals surface area contributed by atoms with E-state index in [0.717, 1.165) is 24.3 Å². The van der Waals surface area contributed by atoms with E-state index in [0.29, 0.717) is 0 Å². The molecule has 66 valence electrons. The minimum atomic E-state index is 0.731. The van der Waals surface area contributed by atoms with Crippen LogP contribution in [-0.2, 0) is 6.54 Å². The van der Waals surface area contributed by atoms with Gasteiger partial charge in [0.05, 0.1) is 12.8 Å². The van der Waals surface area contributed by atoms with Crippen molar-refractivity contribution >= 4 is 0 Å². The second kappa shape index (κ2) is 2.94. The highest BCUT2D eigenvalue weighted by atomic mass is 16.3. The molecule has 2 atom stereocenters. The number of aryl methyl sites for hydroxylation is 1. The van der Waals surface area contributed by atoms with Gasteiger partial charge in [0, 0.05) is 6.04 Å². The molecule has 1 N–H and O–H groups in total. The summed E-state index contributed by atoms with van der Waals surface area (Å²) in [6.07, 6.45) is 3.07. The van der Waals surface area contributed by atoms with Crippen LogP contribution in [0.4, 0.5) is 0 Å². The van der Waals surface area contributed by atoms with E-state index in [4.69, 9.17) is 4.42 Å². The molecular weight excluding hydrogens is 150 g/mol. The van der Waals surface area contributed by atoms with Crippen LogP contribution < -0.4 is 5.32 Å². The predicted molar refractivity (Wildman–Crippen MR) is 47.9 cm³/mol. The molecule has 0 bridgehead atoms. The number of hydrogen-bond donors (Lipinski definition) is 1. The summed E-state index contributed by atoms with van der Waals surface area (Å²) in [7, 11) is 0. The molecule has 0 amide bonds. The molecule has 1 fully saturated rings. The summed E-state index contributed by atoms with van der Waals surface area (Å²) in [5.41, 5.74) is 1.25. The van der Waals surface area contributed by atoms with Crippen LogP contribution in [0.25, 0.3) is 0 Å². The standard InChI is InChI=1S/C10H15NO/c1-7-3-4-12-10(7)6-11-9-5-8(9)2/h3-4,8-9,11H,5-6H2,1-2H3. The normalized spacial score (nSPS) is 27.5. The Morgan fingerprint density at radius 1 is 1.67 bits per heavy atom. The minimum Gasteiger partial charge on any atom is -0.468 e. The van der Waals surface area contributed by atoms with Crippen molar-refractivity contribution in [3.63, 3.8) is 0 Å². The molecule has 0 spiro atoms. The Morgan fingerprint density at radius 2 is 2.42 bits per heavy atom. The van der Waals surface area contributed by atoms with Gasteiger partial charge in [0.15, 0.2) is 0 Å². The molecule has 1 aliphatic rings. The van der Waals surface area contributed by atoms with E-state index in [1.165, 1.54) is 12.0 Å². The molecule has 1 aliphatic carbocycles. The van der Waals surface area contributed by atoms with Crippen molar-refractivity contribution in [3.8, 4) is 0 Å². The highest BCUT2D eigenvalue weighted by Crippen LogP contribution is 2.29. The molecule has 0 aromatic carbocycles. The van der Waals surface area contributed by atoms with E-state index in [9.17, 15) is 0 Å². The first-order chi connectivity index (χ1) is 5.77. The first-order valence-corrected chi connectivity index (χ1v) is 4.53. The quantitative estimate of drug-likeness (QED) is 0.741. The molecule has 0 aliphatic heterocycles. The molecule has 2 rings (SSSR count). The third-order valence-electron chi connectivity index (χ3n) is 2.60. The summed E-state index contributed by atoms with van der Waals surface area (Å²) in [6.45, 7) is 5.23. The fourth-order valence-electron chi connectivity index (χ4n) is 1.42. The van der Waals surface area contributed by atoms with E-state index < -0.39 is 0 Å². The first-order valence-electron chi connectivity index (χ1n) is 4.53. The van der Waals surface area contributed by atoms with Crippen molar-refractivity contribution in [1.82, 2.24) is 5.32 Å². The maximum Gasteiger partial charge on any atom is 0.120 e. The lowest BCUT2D eigenvalue weighted by molar-refractivity contribution is 0.475. The summed E-state index contributed by atoms with van der Waals surface area (Å²) in [4.78, 5) is 0. The maximum atomic E-state index is 5.32. The van der Waals surface area contributed by atoms with Gasteiger partial charge < -0.3 is 9.73 Å². The molecule has 2 nitrogen and oxygen atoms in total. The zero-order valence-electron chi connectivity index (χ0n) is 7.63. The number of rotatable bonds is 3. The minimum absolute atomic E-state index is 0.731. The van der Waals surface area contributed by atoms with Crippen LogP contribution >= 0.6 is 0 Å². The topological polar surface area (TPSA) is 25.2 Å². The Balaban J connectivity index is 1.84. The molecule has 2 heteroatoms. The Bertz CT molecular complexity index is 267. The third kappa shape index (κ3) is 1.53. The van der Waals surface area contributed by atoms with Crippen molar-refractivity contribution in [2.24, 2.45) is 5.92 Å². The average molecular weight is 165 g/mol. The van der Waals surface area contributed by atoms with E-state index in [2.05, 4.69) is 19.2 Å². The highest BCUT2D eigenvalue weighted by molar-refractivity contribution is 5.14. The van der Waals surface area contributed by atoms with Crippen LogP contribution in [0.5, 0.6) is 0 Å². The molecule has 2 unspecified atom stereocenters. The largest absolute Gasteiger partial charge is 0.468 e. The lowest BCUT2D eigenvalue weighted by Gasteiger charge is -2.00. The highest BCUT2D eigenvalue weighted by Gasteiger charge is 2.31. The van der Waals surface area contributed by atoms with Gasteiger partial charge in [-0.3, -0.25) is 0 Å². The van der Waals surface area contributed by atoms with Gasteiger partial charge in [-0.2, -0.15) is 0 Å². The molecule has 1 heterocycles. The van der Waals surface area contributed by atoms with Crippen molar-refractivity contribution in [3.05, 3.63) is 23.7 Å². The fourth-order valence-corrected chi connectivity index (χ4v) is 1.42. The van der Waals surface area contributed by atoms with Gasteiger partial charge in [-0.15, -0.1) is 0 Å². The summed E-state index contributed by atoms with van der Waals surface area (Å²) < 4.78 is 5.32. The van der Waals surface area contributed by atoms with E-state index in [1.807, 2.05) is 6.07 Å². The molecule has 0 saturated heterocycles. The third-order valence-corrected chi connectivity index (χ3v) is 2.60. The molecule has 1 aromatic rings. The van der Waals surface area contributed by atoms with Gasteiger partial charge in [0.1, 0.15) is 5.76 Å². The van der Waals surface area contributed by atoms with Crippen molar-refractivity contribution < 1.29 is 4.42 Å². The Morgan fingerprint density at radius 3 is 2.92 bits per heavy atom. The molecule has 12 heavy (non-hydrogen) atoms. The van der Waals surface area contributed by atoms with E-state index >= 15 is 0 Å². The number of hydrogen-bond acceptors (Lipinski definition) is 2. The van der Waals surface area contributed by atoms with Gasteiger partial charge in [-0.1, -0.05) is 6.92 Å². The summed E-state index contributed by atoms with van der Waals surface area (Å²) >= 11 is 0. The Hall–Kier alpha value is -0.760. The van der Waals surface area contributed by atoms with Gasteiger partial charge >= 0.3 is 0 Å². The summed E-state index contributed by atoms with van der Waals surface area (Å²) in [5.74, 6) is 1.94. The maximum absolute atomic E-state index is 5.32. The predicted octanol–water partition coefficient (Wildman–Crippen LogP) is 2.09. The van der Waals surface area contributed by atoms with Gasteiger partial charge in [0.25, 0.3) is 0 Å². The fraction of sp³-hybridized carbons (Fsp3) is 0.600. The second-order valence-corrected chi connectivity index (χ2v) is 3.73. The van der Waals surface area contributed by atoms with Gasteiger partial charge in [-0.05, 0) is 30.9 Å². The zero-order chi connectivity index (χ0) is 8.55. The molecular formula is C10H15NO. The summed E-state index contributed by atoms with van der Waals surface area (Å²) in [5, 5.41) is 3.46. The monoisotopic (exact) mass is 165 g/mol. The zero-order valence-corrected chi connectivity index (χ0v) is 7.63. The van der Waals surface area contributed by atoms with Gasteiger partial charge in [-0.25, -0.2) is 0 Å². The Kier molecular flexibility index (Phi) is 1.93. The smallest absolute Gasteiger partial charge is 0.120 e. The summed E-state index contributed by atoms with van der Waals surface area (Å²) in [6, 6.07) is 2.74. The Labute approximate surface area is 73.0 Å². The number of nitrogens with one attached hydrogen (secondary N) is 1. The van der Waals surface area contributed by atoms with Crippen LogP contribution in [0.1, 0.15) is 24.7 Å². The van der Waals surface area contributed by atoms with Crippen molar-refractivity contribution in [2.45, 2.75) is 32.9 Å². The second-order valence-electron chi connectivity index (χ2n) is 3.73. The van der Waals surface area contributed by atoms with E-state index in [-0.39, 0.29) is 0 Å². The van der Waals surface area contributed by atoms with Crippen LogP contribution in [0, 0.1) is 12.8 Å². The van der Waals surface area contributed by atoms with Crippen LogP contribution in [0.15, 0.2) is 16.7 Å².